The molecule has 1 heterocycles. The van der Waals surface area contributed by atoms with Crippen molar-refractivity contribution >= 4 is 28.5 Å². The lowest BCUT2D eigenvalue weighted by atomic mass is 10.1. The highest BCUT2D eigenvalue weighted by Gasteiger charge is 2.18. The molecule has 126 valence electrons. The van der Waals surface area contributed by atoms with Crippen LogP contribution in [0.25, 0.3) is 0 Å². The van der Waals surface area contributed by atoms with Crippen LogP contribution in [0.1, 0.15) is 15.9 Å². The zero-order valence-electron chi connectivity index (χ0n) is 13.3. The zero-order valence-corrected chi connectivity index (χ0v) is 15.5. The fourth-order valence-electron chi connectivity index (χ4n) is 2.49. The van der Waals surface area contributed by atoms with Crippen LogP contribution >= 0.6 is 22.6 Å². The molecule has 0 N–H and O–H groups in total. The molecule has 0 aromatic heterocycles. The molecule has 0 aliphatic carbocycles. The Kier molecular flexibility index (Phi) is 5.57. The molecule has 0 bridgehead atoms. The zero-order chi connectivity index (χ0) is 16.9. The highest BCUT2D eigenvalue weighted by Crippen LogP contribution is 2.32. The number of hydrogen-bond acceptors (Lipinski definition) is 4. The minimum Gasteiger partial charge on any atom is -0.454 e. The first-order chi connectivity index (χ1) is 11.7. The number of amides is 1. The van der Waals surface area contributed by atoms with Crippen LogP contribution in [0, 0.1) is 3.57 Å². The van der Waals surface area contributed by atoms with Gasteiger partial charge >= 0.3 is 0 Å². The minimum atomic E-state index is -0.0129. The number of hydrogen-bond donors (Lipinski definition) is 0. The molecule has 0 atom stereocenters. The molecule has 3 rings (SSSR count). The fourth-order valence-corrected chi connectivity index (χ4v) is 2.85. The number of fused-ring (bicyclic) bond motifs is 1. The second-order valence-electron chi connectivity index (χ2n) is 5.41. The lowest BCUT2D eigenvalue weighted by Crippen LogP contribution is -2.33. The van der Waals surface area contributed by atoms with E-state index in [-0.39, 0.29) is 12.7 Å². The van der Waals surface area contributed by atoms with Gasteiger partial charge in [0.15, 0.2) is 11.5 Å². The van der Waals surface area contributed by atoms with E-state index >= 15 is 0 Å². The lowest BCUT2D eigenvalue weighted by Gasteiger charge is -2.23. The van der Waals surface area contributed by atoms with Crippen LogP contribution in [0.3, 0.4) is 0 Å². The van der Waals surface area contributed by atoms with Crippen LogP contribution in [0.5, 0.6) is 11.5 Å². The summed E-state index contributed by atoms with van der Waals surface area (Å²) in [6.45, 7) is 1.75. The van der Waals surface area contributed by atoms with Crippen molar-refractivity contribution in [2.75, 3.05) is 27.1 Å². The number of nitrogens with zero attached hydrogens (tertiary/aromatic N) is 1. The number of benzene rings is 2. The van der Waals surface area contributed by atoms with Gasteiger partial charge in [-0.25, -0.2) is 0 Å². The Hall–Kier alpha value is -1.80. The average Bonchev–Trinajstić information content (AvgIpc) is 3.06. The van der Waals surface area contributed by atoms with E-state index in [1.807, 2.05) is 42.5 Å². The number of carbonyl (C=O) groups is 1. The summed E-state index contributed by atoms with van der Waals surface area (Å²) in [4.78, 5) is 14.6. The van der Waals surface area contributed by atoms with Crippen molar-refractivity contribution in [3.8, 4) is 11.5 Å². The molecule has 1 aliphatic heterocycles. The summed E-state index contributed by atoms with van der Waals surface area (Å²) in [6.07, 6.45) is 0. The van der Waals surface area contributed by atoms with Crippen molar-refractivity contribution in [2.45, 2.75) is 6.54 Å². The van der Waals surface area contributed by atoms with E-state index in [9.17, 15) is 4.79 Å². The Morgan fingerprint density at radius 3 is 2.67 bits per heavy atom. The van der Waals surface area contributed by atoms with Gasteiger partial charge in [-0.3, -0.25) is 4.79 Å². The molecule has 0 saturated heterocycles. The third-order valence-electron chi connectivity index (χ3n) is 3.75. The summed E-state index contributed by atoms with van der Waals surface area (Å²) in [5, 5.41) is 0. The van der Waals surface area contributed by atoms with Crippen molar-refractivity contribution in [3.05, 3.63) is 57.2 Å². The van der Waals surface area contributed by atoms with E-state index in [1.165, 1.54) is 0 Å². The summed E-state index contributed by atoms with van der Waals surface area (Å²) in [5.74, 6) is 1.45. The average molecular weight is 439 g/mol. The maximum absolute atomic E-state index is 12.8. The third-order valence-corrected chi connectivity index (χ3v) is 4.47. The highest BCUT2D eigenvalue weighted by molar-refractivity contribution is 14.1. The van der Waals surface area contributed by atoms with Gasteiger partial charge in [-0.05, 0) is 64.6 Å². The molecular formula is C18H18INO4. The molecule has 0 fully saturated rings. The first kappa shape index (κ1) is 17.0. The Bertz CT molecular complexity index is 717. The van der Waals surface area contributed by atoms with Gasteiger partial charge in [-0.15, -0.1) is 0 Å². The van der Waals surface area contributed by atoms with Gasteiger partial charge in [-0.1, -0.05) is 6.07 Å². The molecule has 0 radical (unpaired) electrons. The summed E-state index contributed by atoms with van der Waals surface area (Å²) >= 11 is 2.22. The predicted molar refractivity (Wildman–Crippen MR) is 98.3 cm³/mol. The molecule has 24 heavy (non-hydrogen) atoms. The van der Waals surface area contributed by atoms with Gasteiger partial charge in [0, 0.05) is 29.3 Å². The molecule has 2 aromatic carbocycles. The molecule has 1 amide bonds. The van der Waals surface area contributed by atoms with E-state index in [0.717, 1.165) is 20.6 Å². The van der Waals surface area contributed by atoms with Crippen molar-refractivity contribution in [1.29, 1.82) is 0 Å². The fraction of sp³-hybridized carbons (Fsp3) is 0.278. The van der Waals surface area contributed by atoms with Crippen LogP contribution in [0.15, 0.2) is 42.5 Å². The minimum absolute atomic E-state index is 0.0129. The normalized spacial score (nSPS) is 12.2. The van der Waals surface area contributed by atoms with Crippen LogP contribution in [0.2, 0.25) is 0 Å². The van der Waals surface area contributed by atoms with Gasteiger partial charge < -0.3 is 19.1 Å². The maximum Gasteiger partial charge on any atom is 0.254 e. The molecule has 1 aliphatic rings. The molecule has 2 aromatic rings. The highest BCUT2D eigenvalue weighted by atomic mass is 127. The van der Waals surface area contributed by atoms with Gasteiger partial charge in [0.1, 0.15) is 0 Å². The summed E-state index contributed by atoms with van der Waals surface area (Å²) in [6, 6.07) is 13.3. The Balaban J connectivity index is 1.78. The SMILES string of the molecule is COCCN(Cc1ccc2c(c1)OCO2)C(=O)c1ccc(I)cc1. The standard InChI is InChI=1S/C18H18INO4/c1-22-9-8-20(18(21)14-3-5-15(19)6-4-14)11-13-2-7-16-17(10-13)24-12-23-16/h2-7,10H,8-9,11-12H2,1H3. The van der Waals surface area contributed by atoms with Crippen LogP contribution in [-0.2, 0) is 11.3 Å². The van der Waals surface area contributed by atoms with Crippen LogP contribution in [-0.4, -0.2) is 37.9 Å². The van der Waals surface area contributed by atoms with Crippen molar-refractivity contribution in [1.82, 2.24) is 4.90 Å². The van der Waals surface area contributed by atoms with E-state index in [0.29, 0.717) is 25.3 Å². The topological polar surface area (TPSA) is 48.0 Å². The molecule has 5 nitrogen and oxygen atoms in total. The lowest BCUT2D eigenvalue weighted by molar-refractivity contribution is 0.0680. The Labute approximate surface area is 154 Å². The molecule has 6 heteroatoms. The number of halogens is 1. The molecular weight excluding hydrogens is 421 g/mol. The second kappa shape index (κ2) is 7.85. The summed E-state index contributed by atoms with van der Waals surface area (Å²) in [7, 11) is 1.63. The number of carbonyl (C=O) groups excluding carboxylic acids is 1. The Morgan fingerprint density at radius 2 is 1.92 bits per heavy atom. The number of methoxy groups -OCH3 is 1. The van der Waals surface area contributed by atoms with E-state index in [1.54, 1.807) is 12.0 Å². The third kappa shape index (κ3) is 3.99. The van der Waals surface area contributed by atoms with Crippen LogP contribution < -0.4 is 9.47 Å². The quantitative estimate of drug-likeness (QED) is 0.649. The first-order valence-electron chi connectivity index (χ1n) is 7.59. The first-order valence-corrected chi connectivity index (χ1v) is 8.67. The summed E-state index contributed by atoms with van der Waals surface area (Å²) < 4.78 is 17.0. The van der Waals surface area contributed by atoms with Crippen molar-refractivity contribution in [3.63, 3.8) is 0 Å². The monoisotopic (exact) mass is 439 g/mol. The van der Waals surface area contributed by atoms with E-state index in [2.05, 4.69) is 22.6 Å². The van der Waals surface area contributed by atoms with Gasteiger partial charge in [0.2, 0.25) is 6.79 Å². The summed E-state index contributed by atoms with van der Waals surface area (Å²) in [5.41, 5.74) is 1.67. The predicted octanol–water partition coefficient (Wildman–Crippen LogP) is 3.31. The molecule has 0 spiro atoms. The van der Waals surface area contributed by atoms with E-state index in [4.69, 9.17) is 14.2 Å². The number of ether oxygens (including phenoxy) is 3. The maximum atomic E-state index is 12.8. The molecule has 0 saturated carbocycles. The Morgan fingerprint density at radius 1 is 1.17 bits per heavy atom. The van der Waals surface area contributed by atoms with E-state index < -0.39 is 0 Å². The van der Waals surface area contributed by atoms with Gasteiger partial charge in [-0.2, -0.15) is 0 Å². The smallest absolute Gasteiger partial charge is 0.254 e. The van der Waals surface area contributed by atoms with Crippen molar-refractivity contribution < 1.29 is 19.0 Å². The van der Waals surface area contributed by atoms with Gasteiger partial charge in [0.05, 0.1) is 6.61 Å². The number of rotatable bonds is 6. The van der Waals surface area contributed by atoms with Crippen molar-refractivity contribution in [2.24, 2.45) is 0 Å². The van der Waals surface area contributed by atoms with Gasteiger partial charge in [0.25, 0.3) is 5.91 Å². The molecule has 0 unspecified atom stereocenters. The second-order valence-corrected chi connectivity index (χ2v) is 6.66. The largest absolute Gasteiger partial charge is 0.454 e. The van der Waals surface area contributed by atoms with Crippen LogP contribution in [0.4, 0.5) is 0 Å².